The minimum Gasteiger partial charge on any atom is -0.457 e. The van der Waals surface area contributed by atoms with Crippen LogP contribution in [0.3, 0.4) is 0 Å². The minimum absolute atomic E-state index is 0.291. The van der Waals surface area contributed by atoms with Crippen molar-refractivity contribution in [3.05, 3.63) is 59.7 Å². The smallest absolute Gasteiger partial charge is 0.132 e. The number of ether oxygens (including phenoxy) is 1. The van der Waals surface area contributed by atoms with Crippen LogP contribution in [0.5, 0.6) is 11.5 Å². The zero-order valence-electron chi connectivity index (χ0n) is 10.5. The summed E-state index contributed by atoms with van der Waals surface area (Å²) in [6.45, 7) is 4.04. The standard InChI is InChI=1S/C17H14O/c1-3-12-17(2)13-8-4-6-10-15(13)18-16-11-7-5-9-14(16)17/h4-11H,1-2H3. The molecular formula is C17H14O. The maximum absolute atomic E-state index is 5.95. The van der Waals surface area contributed by atoms with Crippen molar-refractivity contribution in [1.29, 1.82) is 0 Å². The Kier molecular flexibility index (Phi) is 2.38. The summed E-state index contributed by atoms with van der Waals surface area (Å²) in [7, 11) is 0. The van der Waals surface area contributed by atoms with Gasteiger partial charge in [0.1, 0.15) is 11.5 Å². The van der Waals surface area contributed by atoms with Crippen molar-refractivity contribution in [1.82, 2.24) is 0 Å². The molecule has 1 aliphatic heterocycles. The van der Waals surface area contributed by atoms with Gasteiger partial charge in [-0.3, -0.25) is 0 Å². The summed E-state index contributed by atoms with van der Waals surface area (Å²) in [4.78, 5) is 0. The highest BCUT2D eigenvalue weighted by atomic mass is 16.5. The van der Waals surface area contributed by atoms with E-state index in [4.69, 9.17) is 4.74 Å². The molecule has 0 atom stereocenters. The number of para-hydroxylation sites is 2. The van der Waals surface area contributed by atoms with E-state index in [1.807, 2.05) is 43.3 Å². The van der Waals surface area contributed by atoms with Crippen molar-refractivity contribution in [2.24, 2.45) is 0 Å². The SMILES string of the molecule is CC#CC1(C)c2ccccc2Oc2ccccc21. The van der Waals surface area contributed by atoms with Gasteiger partial charge in [0.25, 0.3) is 0 Å². The maximum atomic E-state index is 5.95. The second kappa shape index (κ2) is 3.92. The van der Waals surface area contributed by atoms with Crippen LogP contribution in [0.25, 0.3) is 0 Å². The molecule has 1 heteroatoms. The van der Waals surface area contributed by atoms with Crippen LogP contribution < -0.4 is 4.74 Å². The topological polar surface area (TPSA) is 9.23 Å². The average molecular weight is 234 g/mol. The van der Waals surface area contributed by atoms with E-state index in [9.17, 15) is 0 Å². The minimum atomic E-state index is -0.291. The normalized spacial score (nSPS) is 14.6. The fourth-order valence-corrected chi connectivity index (χ4v) is 2.59. The third-order valence-electron chi connectivity index (χ3n) is 3.45. The molecule has 0 fully saturated rings. The highest BCUT2D eigenvalue weighted by molar-refractivity contribution is 5.61. The van der Waals surface area contributed by atoms with E-state index in [2.05, 4.69) is 30.9 Å². The summed E-state index contributed by atoms with van der Waals surface area (Å²) in [6.07, 6.45) is 0. The van der Waals surface area contributed by atoms with Gasteiger partial charge in [-0.2, -0.15) is 0 Å². The lowest BCUT2D eigenvalue weighted by molar-refractivity contribution is 0.434. The fourth-order valence-electron chi connectivity index (χ4n) is 2.59. The highest BCUT2D eigenvalue weighted by Gasteiger charge is 2.36. The summed E-state index contributed by atoms with van der Waals surface area (Å²) < 4.78 is 5.95. The van der Waals surface area contributed by atoms with E-state index in [1.54, 1.807) is 0 Å². The molecule has 0 N–H and O–H groups in total. The molecule has 0 unspecified atom stereocenters. The number of rotatable bonds is 0. The highest BCUT2D eigenvalue weighted by Crippen LogP contribution is 2.47. The number of hydrogen-bond donors (Lipinski definition) is 0. The molecule has 0 saturated heterocycles. The van der Waals surface area contributed by atoms with E-state index in [1.165, 1.54) is 0 Å². The predicted octanol–water partition coefficient (Wildman–Crippen LogP) is 4.12. The first-order chi connectivity index (χ1) is 8.75. The molecule has 2 aromatic carbocycles. The summed E-state index contributed by atoms with van der Waals surface area (Å²) in [5, 5.41) is 0. The molecule has 88 valence electrons. The molecule has 1 nitrogen and oxygen atoms in total. The third-order valence-corrected chi connectivity index (χ3v) is 3.45. The average Bonchev–Trinajstić information content (AvgIpc) is 2.40. The maximum Gasteiger partial charge on any atom is 0.132 e. The summed E-state index contributed by atoms with van der Waals surface area (Å²) in [5.74, 6) is 8.21. The van der Waals surface area contributed by atoms with Crippen molar-refractivity contribution in [2.45, 2.75) is 19.3 Å². The Hall–Kier alpha value is -2.20. The van der Waals surface area contributed by atoms with Crippen molar-refractivity contribution >= 4 is 0 Å². The zero-order valence-corrected chi connectivity index (χ0v) is 10.5. The molecule has 0 aliphatic carbocycles. The lowest BCUT2D eigenvalue weighted by Crippen LogP contribution is -2.26. The molecule has 1 heterocycles. The largest absolute Gasteiger partial charge is 0.457 e. The van der Waals surface area contributed by atoms with Crippen molar-refractivity contribution < 1.29 is 4.74 Å². The quantitative estimate of drug-likeness (QED) is 0.623. The van der Waals surface area contributed by atoms with Crippen LogP contribution in [0.4, 0.5) is 0 Å². The van der Waals surface area contributed by atoms with E-state index >= 15 is 0 Å². The Balaban J connectivity index is 2.33. The van der Waals surface area contributed by atoms with Gasteiger partial charge in [0.15, 0.2) is 0 Å². The van der Waals surface area contributed by atoms with Gasteiger partial charge in [-0.1, -0.05) is 42.3 Å². The summed E-state index contributed by atoms with van der Waals surface area (Å²) >= 11 is 0. The van der Waals surface area contributed by atoms with E-state index < -0.39 is 0 Å². The Morgan fingerprint density at radius 3 is 1.89 bits per heavy atom. The van der Waals surface area contributed by atoms with Gasteiger partial charge in [0.05, 0.1) is 5.41 Å². The second-order valence-electron chi connectivity index (χ2n) is 4.59. The molecule has 0 saturated carbocycles. The van der Waals surface area contributed by atoms with Crippen molar-refractivity contribution in [3.8, 4) is 23.3 Å². The van der Waals surface area contributed by atoms with Gasteiger partial charge in [0, 0.05) is 11.1 Å². The van der Waals surface area contributed by atoms with Gasteiger partial charge >= 0.3 is 0 Å². The van der Waals surface area contributed by atoms with Crippen molar-refractivity contribution in [2.75, 3.05) is 0 Å². The number of hydrogen-bond acceptors (Lipinski definition) is 1. The van der Waals surface area contributed by atoms with Crippen LogP contribution >= 0.6 is 0 Å². The van der Waals surface area contributed by atoms with E-state index in [0.717, 1.165) is 22.6 Å². The van der Waals surface area contributed by atoms with Crippen LogP contribution in [0.15, 0.2) is 48.5 Å². The number of fused-ring (bicyclic) bond motifs is 2. The first-order valence-electron chi connectivity index (χ1n) is 6.06. The second-order valence-corrected chi connectivity index (χ2v) is 4.59. The Bertz CT molecular complexity index is 613. The molecule has 1 aliphatic rings. The molecule has 0 amide bonds. The first kappa shape index (κ1) is 10.9. The lowest BCUT2D eigenvalue weighted by atomic mass is 9.74. The van der Waals surface area contributed by atoms with Gasteiger partial charge < -0.3 is 4.74 Å². The van der Waals surface area contributed by atoms with E-state index in [-0.39, 0.29) is 5.41 Å². The first-order valence-corrected chi connectivity index (χ1v) is 6.06. The van der Waals surface area contributed by atoms with Crippen LogP contribution in [0.2, 0.25) is 0 Å². The molecule has 0 radical (unpaired) electrons. The molecule has 2 aromatic rings. The number of benzene rings is 2. The van der Waals surface area contributed by atoms with Crippen LogP contribution in [-0.2, 0) is 5.41 Å². The van der Waals surface area contributed by atoms with Crippen LogP contribution in [0.1, 0.15) is 25.0 Å². The van der Waals surface area contributed by atoms with Gasteiger partial charge in [0.2, 0.25) is 0 Å². The van der Waals surface area contributed by atoms with Crippen LogP contribution in [-0.4, -0.2) is 0 Å². The Morgan fingerprint density at radius 2 is 1.39 bits per heavy atom. The van der Waals surface area contributed by atoms with Gasteiger partial charge in [-0.25, -0.2) is 0 Å². The Morgan fingerprint density at radius 1 is 0.889 bits per heavy atom. The third kappa shape index (κ3) is 1.43. The summed E-state index contributed by atoms with van der Waals surface area (Å²) in [6, 6.07) is 16.2. The van der Waals surface area contributed by atoms with Gasteiger partial charge in [-0.05, 0) is 26.0 Å². The monoisotopic (exact) mass is 234 g/mol. The van der Waals surface area contributed by atoms with E-state index in [0.29, 0.717) is 0 Å². The zero-order chi connectivity index (χ0) is 12.6. The molecule has 0 spiro atoms. The van der Waals surface area contributed by atoms with Gasteiger partial charge in [-0.15, -0.1) is 5.92 Å². The Labute approximate surface area is 107 Å². The fraction of sp³-hybridized carbons (Fsp3) is 0.176. The van der Waals surface area contributed by atoms with Crippen molar-refractivity contribution in [3.63, 3.8) is 0 Å². The lowest BCUT2D eigenvalue weighted by Gasteiger charge is -2.33. The molecule has 0 aromatic heterocycles. The predicted molar refractivity (Wildman–Crippen MR) is 72.9 cm³/mol. The molecular weight excluding hydrogens is 220 g/mol. The van der Waals surface area contributed by atoms with Crippen LogP contribution in [0, 0.1) is 11.8 Å². The molecule has 18 heavy (non-hydrogen) atoms. The molecule has 0 bridgehead atoms. The molecule has 3 rings (SSSR count). The summed E-state index contributed by atoms with van der Waals surface area (Å²) in [5.41, 5.74) is 1.98.